The van der Waals surface area contributed by atoms with Gasteiger partial charge in [-0.2, -0.15) is 0 Å². The number of aryl methyl sites for hydroxylation is 2. The van der Waals surface area contributed by atoms with Gasteiger partial charge in [-0.1, -0.05) is 17.7 Å². The van der Waals surface area contributed by atoms with E-state index < -0.39 is 10.8 Å². The average molecular weight is 219 g/mol. The molecule has 78 valence electrons. The predicted octanol–water partition coefficient (Wildman–Crippen LogP) is 2.50. The number of benzene rings is 1. The van der Waals surface area contributed by atoms with Crippen molar-refractivity contribution >= 4 is 10.8 Å². The molecule has 15 heavy (non-hydrogen) atoms. The first-order valence-corrected chi connectivity index (χ1v) is 5.93. The van der Waals surface area contributed by atoms with E-state index in [1.54, 1.807) is 0 Å². The highest BCUT2D eigenvalue weighted by atomic mass is 32.2. The van der Waals surface area contributed by atoms with Gasteiger partial charge in [0.1, 0.15) is 15.8 Å². The third kappa shape index (κ3) is 2.02. The summed E-state index contributed by atoms with van der Waals surface area (Å²) in [5, 5.41) is 0.832. The molecule has 3 heteroatoms. The number of aromatic nitrogens is 1. The first-order valence-electron chi connectivity index (χ1n) is 4.78. The largest absolute Gasteiger partial charge is 0.344 e. The molecule has 2 rings (SSSR count). The molecule has 1 aromatic carbocycles. The first-order chi connectivity index (χ1) is 7.18. The summed E-state index contributed by atoms with van der Waals surface area (Å²) in [4.78, 5) is 0.849. The molecule has 1 heterocycles. The fourth-order valence-corrected chi connectivity index (χ4v) is 2.57. The molecule has 0 saturated carbocycles. The van der Waals surface area contributed by atoms with Crippen LogP contribution in [0.4, 0.5) is 0 Å². The molecule has 0 aliphatic heterocycles. The maximum atomic E-state index is 12.1. The van der Waals surface area contributed by atoms with E-state index in [0.717, 1.165) is 9.92 Å². The van der Waals surface area contributed by atoms with Crippen molar-refractivity contribution in [3.63, 3.8) is 0 Å². The molecular formula is C12H13NOS. The van der Waals surface area contributed by atoms with E-state index in [-0.39, 0.29) is 0 Å². The summed E-state index contributed by atoms with van der Waals surface area (Å²) < 4.78 is 14.0. The second kappa shape index (κ2) is 4.03. The van der Waals surface area contributed by atoms with Crippen molar-refractivity contribution in [1.82, 2.24) is 4.57 Å². The molecule has 0 fully saturated rings. The van der Waals surface area contributed by atoms with Crippen LogP contribution in [0.5, 0.6) is 0 Å². The highest BCUT2D eigenvalue weighted by Gasteiger charge is 2.08. The lowest BCUT2D eigenvalue weighted by molar-refractivity contribution is 0.673. The van der Waals surface area contributed by atoms with Gasteiger partial charge < -0.3 is 4.57 Å². The molecule has 0 N–H and O–H groups in total. The second-order valence-electron chi connectivity index (χ2n) is 3.54. The van der Waals surface area contributed by atoms with Crippen LogP contribution in [0.3, 0.4) is 0 Å². The van der Waals surface area contributed by atoms with Crippen molar-refractivity contribution in [1.29, 1.82) is 0 Å². The Labute approximate surface area is 92.0 Å². The molecule has 2 aromatic rings. The monoisotopic (exact) mass is 219 g/mol. The topological polar surface area (TPSA) is 22.0 Å². The van der Waals surface area contributed by atoms with Gasteiger partial charge in [0, 0.05) is 18.1 Å². The first kappa shape index (κ1) is 10.2. The van der Waals surface area contributed by atoms with E-state index in [2.05, 4.69) is 0 Å². The number of hydrogen-bond donors (Lipinski definition) is 0. The van der Waals surface area contributed by atoms with E-state index >= 15 is 0 Å². The van der Waals surface area contributed by atoms with Gasteiger partial charge >= 0.3 is 0 Å². The van der Waals surface area contributed by atoms with Gasteiger partial charge in [0.25, 0.3) is 0 Å². The normalized spacial score (nSPS) is 12.7. The highest BCUT2D eigenvalue weighted by Crippen LogP contribution is 2.16. The van der Waals surface area contributed by atoms with E-state index in [9.17, 15) is 4.21 Å². The van der Waals surface area contributed by atoms with Crippen LogP contribution in [0, 0.1) is 6.92 Å². The lowest BCUT2D eigenvalue weighted by Gasteiger charge is -2.03. The zero-order chi connectivity index (χ0) is 10.8. The Balaban J connectivity index is 2.37. The minimum absolute atomic E-state index is 0.832. The molecule has 2 nitrogen and oxygen atoms in total. The Morgan fingerprint density at radius 3 is 2.33 bits per heavy atom. The minimum Gasteiger partial charge on any atom is -0.344 e. The van der Waals surface area contributed by atoms with Gasteiger partial charge in [-0.3, -0.25) is 0 Å². The molecule has 0 spiro atoms. The molecule has 0 bridgehead atoms. The number of nitrogens with zero attached hydrogens (tertiary/aromatic N) is 1. The van der Waals surface area contributed by atoms with Gasteiger partial charge in [-0.05, 0) is 31.2 Å². The second-order valence-corrected chi connectivity index (χ2v) is 4.97. The Kier molecular flexibility index (Phi) is 2.73. The quantitative estimate of drug-likeness (QED) is 0.760. The zero-order valence-corrected chi connectivity index (χ0v) is 9.62. The lowest BCUT2D eigenvalue weighted by atomic mass is 10.2. The van der Waals surface area contributed by atoms with Crippen LogP contribution in [-0.4, -0.2) is 8.78 Å². The molecule has 0 aliphatic rings. The van der Waals surface area contributed by atoms with Crippen LogP contribution in [-0.2, 0) is 17.8 Å². The van der Waals surface area contributed by atoms with Crippen LogP contribution in [0.2, 0.25) is 0 Å². The summed E-state index contributed by atoms with van der Waals surface area (Å²) in [7, 11) is 0.832. The molecule has 0 radical (unpaired) electrons. The van der Waals surface area contributed by atoms with Crippen molar-refractivity contribution in [2.24, 2.45) is 7.05 Å². The molecule has 0 aliphatic carbocycles. The van der Waals surface area contributed by atoms with Crippen molar-refractivity contribution in [3.05, 3.63) is 48.2 Å². The Morgan fingerprint density at radius 2 is 1.80 bits per heavy atom. The van der Waals surface area contributed by atoms with E-state index in [0.29, 0.717) is 0 Å². The summed E-state index contributed by atoms with van der Waals surface area (Å²) in [6.45, 7) is 2.02. The van der Waals surface area contributed by atoms with Gasteiger partial charge in [0.05, 0.1) is 0 Å². The fraction of sp³-hybridized carbons (Fsp3) is 0.167. The van der Waals surface area contributed by atoms with E-state index in [1.165, 1.54) is 5.56 Å². The highest BCUT2D eigenvalue weighted by molar-refractivity contribution is 7.85. The average Bonchev–Trinajstić information content (AvgIpc) is 2.65. The summed E-state index contributed by atoms with van der Waals surface area (Å²) in [6, 6.07) is 11.6. The number of hydrogen-bond acceptors (Lipinski definition) is 1. The van der Waals surface area contributed by atoms with E-state index in [4.69, 9.17) is 0 Å². The van der Waals surface area contributed by atoms with Gasteiger partial charge in [-0.15, -0.1) is 0 Å². The van der Waals surface area contributed by atoms with Crippen LogP contribution in [0.15, 0.2) is 52.5 Å². The lowest BCUT2D eigenvalue weighted by Crippen LogP contribution is -1.99. The molecule has 1 aromatic heterocycles. The van der Waals surface area contributed by atoms with Crippen molar-refractivity contribution in [2.75, 3.05) is 0 Å². The van der Waals surface area contributed by atoms with Crippen LogP contribution in [0.25, 0.3) is 0 Å². The van der Waals surface area contributed by atoms with Crippen LogP contribution >= 0.6 is 0 Å². The maximum absolute atomic E-state index is 12.1. The van der Waals surface area contributed by atoms with Gasteiger partial charge in [-0.25, -0.2) is 4.21 Å². The molecule has 1 atom stereocenters. The van der Waals surface area contributed by atoms with Crippen molar-refractivity contribution < 1.29 is 4.21 Å². The third-order valence-corrected chi connectivity index (χ3v) is 3.83. The Bertz CT molecular complexity index is 485. The van der Waals surface area contributed by atoms with Crippen molar-refractivity contribution in [3.8, 4) is 0 Å². The standard InChI is InChI=1S/C12H13NOS/c1-10-5-7-11(8-6-10)15(14)12-4-3-9-13(12)2/h3-9H,1-2H3. The van der Waals surface area contributed by atoms with Gasteiger partial charge in [0.15, 0.2) is 0 Å². The smallest absolute Gasteiger partial charge is 0.111 e. The number of rotatable bonds is 2. The zero-order valence-electron chi connectivity index (χ0n) is 8.81. The molecule has 0 amide bonds. The summed E-state index contributed by atoms with van der Waals surface area (Å²) in [6.07, 6.45) is 1.90. The summed E-state index contributed by atoms with van der Waals surface area (Å²) in [5.74, 6) is 0. The Hall–Kier alpha value is -1.35. The van der Waals surface area contributed by atoms with Crippen molar-refractivity contribution in [2.45, 2.75) is 16.8 Å². The summed E-state index contributed by atoms with van der Waals surface area (Å²) >= 11 is 0. The van der Waals surface area contributed by atoms with Crippen LogP contribution < -0.4 is 0 Å². The minimum atomic E-state index is -1.07. The van der Waals surface area contributed by atoms with E-state index in [1.807, 2.05) is 61.1 Å². The van der Waals surface area contributed by atoms with Gasteiger partial charge in [0.2, 0.25) is 0 Å². The predicted molar refractivity (Wildman–Crippen MR) is 61.3 cm³/mol. The molecular weight excluding hydrogens is 206 g/mol. The maximum Gasteiger partial charge on any atom is 0.111 e. The molecule has 0 saturated heterocycles. The fourth-order valence-electron chi connectivity index (χ4n) is 1.42. The molecule has 1 unspecified atom stereocenters. The SMILES string of the molecule is Cc1ccc(S(=O)c2cccn2C)cc1. The summed E-state index contributed by atoms with van der Waals surface area (Å²) in [5.41, 5.74) is 1.18. The third-order valence-electron chi connectivity index (χ3n) is 2.32. The Morgan fingerprint density at radius 1 is 1.13 bits per heavy atom. The van der Waals surface area contributed by atoms with Crippen LogP contribution in [0.1, 0.15) is 5.56 Å².